The molecule has 2 aromatic rings. The van der Waals surface area contributed by atoms with E-state index in [9.17, 15) is 5.11 Å². The summed E-state index contributed by atoms with van der Waals surface area (Å²) in [5.74, 6) is 0.662. The van der Waals surface area contributed by atoms with Gasteiger partial charge in [-0.05, 0) is 49.1 Å². The fourth-order valence-corrected chi connectivity index (χ4v) is 2.42. The van der Waals surface area contributed by atoms with Crippen LogP contribution in [0.3, 0.4) is 0 Å². The number of para-hydroxylation sites is 1. The van der Waals surface area contributed by atoms with Gasteiger partial charge in [0.1, 0.15) is 0 Å². The Labute approximate surface area is 138 Å². The van der Waals surface area contributed by atoms with Gasteiger partial charge in [0.2, 0.25) is 0 Å². The van der Waals surface area contributed by atoms with Gasteiger partial charge in [0.25, 0.3) is 0 Å². The van der Waals surface area contributed by atoms with E-state index in [0.29, 0.717) is 18.8 Å². The van der Waals surface area contributed by atoms with Gasteiger partial charge in [0.05, 0.1) is 12.3 Å². The van der Waals surface area contributed by atoms with Crippen LogP contribution in [0.5, 0.6) is 11.5 Å². The highest BCUT2D eigenvalue weighted by atomic mass is 16.5. The molecule has 0 saturated carbocycles. The molecule has 0 unspecified atom stereocenters. The maximum Gasteiger partial charge on any atom is 0.161 e. The van der Waals surface area contributed by atoms with Crippen molar-refractivity contribution in [3.63, 3.8) is 0 Å². The zero-order valence-electron chi connectivity index (χ0n) is 13.7. The van der Waals surface area contributed by atoms with Crippen molar-refractivity contribution in [2.24, 2.45) is 4.99 Å². The molecule has 0 aliphatic carbocycles. The number of hydrogen-bond acceptors (Lipinski definition) is 3. The highest BCUT2D eigenvalue weighted by molar-refractivity contribution is 5.84. The number of ether oxygens (including phenoxy) is 1. The summed E-state index contributed by atoms with van der Waals surface area (Å²) >= 11 is 0. The molecule has 0 aromatic heterocycles. The van der Waals surface area contributed by atoms with Crippen molar-refractivity contribution in [1.29, 1.82) is 0 Å². The molecule has 0 bridgehead atoms. The van der Waals surface area contributed by atoms with Crippen LogP contribution in [0.25, 0.3) is 0 Å². The van der Waals surface area contributed by atoms with Crippen LogP contribution in [0.2, 0.25) is 0 Å². The number of nitrogens with zero attached hydrogens (tertiary/aromatic N) is 1. The Morgan fingerprint density at radius 2 is 1.96 bits per heavy atom. The van der Waals surface area contributed by atoms with Crippen molar-refractivity contribution in [3.8, 4) is 11.5 Å². The number of rotatable bonds is 7. The van der Waals surface area contributed by atoms with E-state index in [4.69, 9.17) is 4.74 Å². The maximum absolute atomic E-state index is 10.2. The fourth-order valence-electron chi connectivity index (χ4n) is 2.42. The van der Waals surface area contributed by atoms with Crippen LogP contribution in [-0.2, 0) is 12.8 Å². The van der Waals surface area contributed by atoms with Crippen LogP contribution in [0.15, 0.2) is 54.0 Å². The molecule has 2 aromatic carbocycles. The van der Waals surface area contributed by atoms with E-state index in [1.165, 1.54) is 5.56 Å². The molecule has 2 rings (SSSR count). The first kappa shape index (κ1) is 16.8. The van der Waals surface area contributed by atoms with Crippen molar-refractivity contribution < 1.29 is 9.84 Å². The van der Waals surface area contributed by atoms with Gasteiger partial charge in [0.15, 0.2) is 11.5 Å². The number of hydrogen-bond donors (Lipinski definition) is 1. The molecule has 0 aliphatic rings. The summed E-state index contributed by atoms with van der Waals surface area (Å²) in [6.45, 7) is 8.24. The van der Waals surface area contributed by atoms with Crippen LogP contribution >= 0.6 is 0 Å². The zero-order valence-corrected chi connectivity index (χ0v) is 13.7. The Balaban J connectivity index is 2.38. The molecule has 0 spiro atoms. The lowest BCUT2D eigenvalue weighted by molar-refractivity contribution is 0.317. The number of benzene rings is 2. The number of aliphatic imine (C=N–C) groups is 1. The number of aromatic hydroxyl groups is 1. The highest BCUT2D eigenvalue weighted by Gasteiger charge is 2.09. The second-order valence-corrected chi connectivity index (χ2v) is 5.19. The molecule has 1 N–H and O–H groups in total. The van der Waals surface area contributed by atoms with E-state index in [2.05, 4.69) is 24.6 Å². The van der Waals surface area contributed by atoms with Crippen molar-refractivity contribution in [3.05, 3.63) is 65.7 Å². The van der Waals surface area contributed by atoms with E-state index < -0.39 is 0 Å². The monoisotopic (exact) mass is 309 g/mol. The summed E-state index contributed by atoms with van der Waals surface area (Å²) < 4.78 is 5.52. The molecule has 0 aliphatic heterocycles. The lowest BCUT2D eigenvalue weighted by atomic mass is 10.1. The average Bonchev–Trinajstić information content (AvgIpc) is 2.57. The number of allylic oxidation sites excluding steroid dienone is 1. The third kappa shape index (κ3) is 4.22. The van der Waals surface area contributed by atoms with E-state index in [0.717, 1.165) is 23.2 Å². The first-order valence-corrected chi connectivity index (χ1v) is 7.91. The molecule has 0 atom stereocenters. The third-order valence-electron chi connectivity index (χ3n) is 3.57. The zero-order chi connectivity index (χ0) is 16.7. The van der Waals surface area contributed by atoms with Gasteiger partial charge >= 0.3 is 0 Å². The SMILES string of the molecule is C=CCc1cc(C=Nc2ccccc2CC)cc(OCC)c1O. The molecule has 0 saturated heterocycles. The molecule has 0 fully saturated rings. The smallest absolute Gasteiger partial charge is 0.161 e. The predicted molar refractivity (Wildman–Crippen MR) is 96.3 cm³/mol. The maximum atomic E-state index is 10.2. The minimum atomic E-state index is 0.179. The molecule has 3 heteroatoms. The third-order valence-corrected chi connectivity index (χ3v) is 3.57. The Bertz CT molecular complexity index is 705. The molecule has 0 heterocycles. The van der Waals surface area contributed by atoms with E-state index in [1.54, 1.807) is 6.08 Å². The van der Waals surface area contributed by atoms with E-state index >= 15 is 0 Å². The first-order valence-electron chi connectivity index (χ1n) is 7.91. The van der Waals surface area contributed by atoms with Crippen LogP contribution < -0.4 is 4.74 Å². The summed E-state index contributed by atoms with van der Waals surface area (Å²) in [6.07, 6.45) is 5.09. The Hall–Kier alpha value is -2.55. The molecular weight excluding hydrogens is 286 g/mol. The normalized spacial score (nSPS) is 10.9. The van der Waals surface area contributed by atoms with Crippen molar-refractivity contribution in [2.45, 2.75) is 26.7 Å². The second kappa shape index (κ2) is 8.18. The van der Waals surface area contributed by atoms with Crippen LogP contribution in [0.1, 0.15) is 30.5 Å². The van der Waals surface area contributed by atoms with Gasteiger partial charge in [-0.2, -0.15) is 0 Å². The predicted octanol–water partition coefficient (Wildman–Crippen LogP) is 4.83. The van der Waals surface area contributed by atoms with E-state index in [-0.39, 0.29) is 5.75 Å². The Morgan fingerprint density at radius 3 is 2.65 bits per heavy atom. The highest BCUT2D eigenvalue weighted by Crippen LogP contribution is 2.32. The second-order valence-electron chi connectivity index (χ2n) is 5.19. The summed E-state index contributed by atoms with van der Waals surface area (Å²) in [6, 6.07) is 11.8. The Morgan fingerprint density at radius 1 is 1.17 bits per heavy atom. The standard InChI is InChI=1S/C20H23NO2/c1-4-9-17-12-15(13-19(20(17)22)23-6-3)14-21-18-11-8-7-10-16(18)5-2/h4,7-8,10-14,22H,1,5-6,9H2,2-3H3. The average molecular weight is 309 g/mol. The number of phenolic OH excluding ortho intramolecular Hbond substituents is 1. The van der Waals surface area contributed by atoms with Crippen LogP contribution in [0, 0.1) is 0 Å². The molecular formula is C20H23NO2. The van der Waals surface area contributed by atoms with Crippen LogP contribution in [0.4, 0.5) is 5.69 Å². The van der Waals surface area contributed by atoms with Gasteiger partial charge < -0.3 is 9.84 Å². The number of aryl methyl sites for hydroxylation is 1. The van der Waals surface area contributed by atoms with Gasteiger partial charge in [-0.15, -0.1) is 6.58 Å². The van der Waals surface area contributed by atoms with Crippen molar-refractivity contribution in [1.82, 2.24) is 0 Å². The van der Waals surface area contributed by atoms with Crippen molar-refractivity contribution >= 4 is 11.9 Å². The number of phenols is 1. The van der Waals surface area contributed by atoms with Crippen LogP contribution in [-0.4, -0.2) is 17.9 Å². The lowest BCUT2D eigenvalue weighted by Gasteiger charge is -2.11. The van der Waals surface area contributed by atoms with Gasteiger partial charge in [-0.1, -0.05) is 31.2 Å². The quantitative estimate of drug-likeness (QED) is 0.588. The minimum Gasteiger partial charge on any atom is -0.504 e. The van der Waals surface area contributed by atoms with Gasteiger partial charge in [-0.3, -0.25) is 4.99 Å². The molecule has 120 valence electrons. The molecule has 0 amide bonds. The molecule has 3 nitrogen and oxygen atoms in total. The topological polar surface area (TPSA) is 41.8 Å². The van der Waals surface area contributed by atoms with E-state index in [1.807, 2.05) is 43.5 Å². The Kier molecular flexibility index (Phi) is 5.98. The lowest BCUT2D eigenvalue weighted by Crippen LogP contribution is -1.96. The molecule has 23 heavy (non-hydrogen) atoms. The summed E-state index contributed by atoms with van der Waals surface area (Å²) in [7, 11) is 0. The van der Waals surface area contributed by atoms with Gasteiger partial charge in [0, 0.05) is 11.8 Å². The summed E-state index contributed by atoms with van der Waals surface area (Å²) in [5, 5.41) is 10.2. The van der Waals surface area contributed by atoms with Gasteiger partial charge in [-0.25, -0.2) is 0 Å². The summed E-state index contributed by atoms with van der Waals surface area (Å²) in [4.78, 5) is 4.59. The minimum absolute atomic E-state index is 0.179. The molecule has 0 radical (unpaired) electrons. The first-order chi connectivity index (χ1) is 11.2. The summed E-state index contributed by atoms with van der Waals surface area (Å²) in [5.41, 5.74) is 3.86. The van der Waals surface area contributed by atoms with Crippen molar-refractivity contribution in [2.75, 3.05) is 6.61 Å². The fraction of sp³-hybridized carbons (Fsp3) is 0.250. The largest absolute Gasteiger partial charge is 0.504 e.